The van der Waals surface area contributed by atoms with E-state index in [-0.39, 0.29) is 33.6 Å². The van der Waals surface area contributed by atoms with Gasteiger partial charge in [0.15, 0.2) is 5.82 Å². The number of carbonyl (C=O) groups is 1. The summed E-state index contributed by atoms with van der Waals surface area (Å²) in [7, 11) is 0. The van der Waals surface area contributed by atoms with Crippen molar-refractivity contribution in [3.63, 3.8) is 0 Å². The van der Waals surface area contributed by atoms with Crippen molar-refractivity contribution in [2.45, 2.75) is 13.0 Å². The smallest absolute Gasteiger partial charge is 0.246 e. The first-order chi connectivity index (χ1) is 14.8. The number of halogens is 3. The van der Waals surface area contributed by atoms with Crippen LogP contribution in [0.2, 0.25) is 5.02 Å². The third-order valence-electron chi connectivity index (χ3n) is 5.43. The number of rotatable bonds is 3. The molecular weight excluding hydrogens is 426 g/mol. The van der Waals surface area contributed by atoms with E-state index in [1.165, 1.54) is 30.6 Å². The number of fused-ring (bicyclic) bond motifs is 1. The lowest BCUT2D eigenvalue weighted by Gasteiger charge is -2.40. The highest BCUT2D eigenvalue weighted by Gasteiger charge is 2.29. The van der Waals surface area contributed by atoms with Gasteiger partial charge in [0.05, 0.1) is 10.6 Å². The van der Waals surface area contributed by atoms with Gasteiger partial charge in [-0.15, -0.1) is 0 Å². The molecule has 2 aromatic carbocycles. The van der Waals surface area contributed by atoms with Crippen LogP contribution in [-0.2, 0) is 4.79 Å². The summed E-state index contributed by atoms with van der Waals surface area (Å²) < 4.78 is 29.9. The zero-order valence-corrected chi connectivity index (χ0v) is 17.4. The second-order valence-corrected chi connectivity index (χ2v) is 7.71. The Morgan fingerprint density at radius 1 is 1.29 bits per heavy atom. The second-order valence-electron chi connectivity index (χ2n) is 7.31. The Bertz CT molecular complexity index is 1180. The number of phenols is 1. The van der Waals surface area contributed by atoms with E-state index in [2.05, 4.69) is 16.5 Å². The molecule has 1 saturated heterocycles. The normalized spacial score (nSPS) is 16.6. The van der Waals surface area contributed by atoms with Gasteiger partial charge in [-0.2, -0.15) is 0 Å². The van der Waals surface area contributed by atoms with Gasteiger partial charge in [0, 0.05) is 36.6 Å². The molecule has 1 amide bonds. The molecule has 1 aliphatic heterocycles. The molecule has 0 radical (unpaired) electrons. The molecule has 1 fully saturated rings. The molecule has 4 rings (SSSR count). The van der Waals surface area contributed by atoms with Crippen molar-refractivity contribution in [2.24, 2.45) is 0 Å². The first kappa shape index (κ1) is 21.0. The van der Waals surface area contributed by atoms with E-state index in [0.717, 1.165) is 6.07 Å². The van der Waals surface area contributed by atoms with Gasteiger partial charge in [-0.25, -0.2) is 18.7 Å². The molecule has 1 atom stereocenters. The molecule has 31 heavy (non-hydrogen) atoms. The molecule has 0 unspecified atom stereocenters. The topological polar surface area (TPSA) is 69.6 Å². The fraction of sp³-hybridized carbons (Fsp3) is 0.227. The number of hydrogen-bond acceptors (Lipinski definition) is 5. The van der Waals surface area contributed by atoms with Crippen molar-refractivity contribution in [1.82, 2.24) is 14.9 Å². The fourth-order valence-electron chi connectivity index (χ4n) is 3.94. The third kappa shape index (κ3) is 3.57. The molecule has 6 nitrogen and oxygen atoms in total. The number of aromatic nitrogens is 2. The number of phenolic OH excluding ortho intramolecular Hbond substituents is 1. The molecule has 2 heterocycles. The van der Waals surface area contributed by atoms with Crippen LogP contribution in [0.1, 0.15) is 6.92 Å². The van der Waals surface area contributed by atoms with Gasteiger partial charge in [0.2, 0.25) is 5.91 Å². The van der Waals surface area contributed by atoms with Crippen LogP contribution in [0.5, 0.6) is 5.75 Å². The maximum absolute atomic E-state index is 15.5. The molecule has 0 bridgehead atoms. The van der Waals surface area contributed by atoms with Gasteiger partial charge < -0.3 is 14.9 Å². The number of hydrogen-bond donors (Lipinski definition) is 1. The van der Waals surface area contributed by atoms with Crippen LogP contribution in [-0.4, -0.2) is 51.6 Å². The lowest BCUT2D eigenvalue weighted by atomic mass is 10.0. The minimum Gasteiger partial charge on any atom is -0.507 e. The fourth-order valence-corrected chi connectivity index (χ4v) is 4.22. The van der Waals surface area contributed by atoms with Crippen molar-refractivity contribution in [3.05, 3.63) is 59.9 Å². The molecule has 3 aromatic rings. The highest BCUT2D eigenvalue weighted by Crippen LogP contribution is 2.42. The monoisotopic (exact) mass is 444 g/mol. The Morgan fingerprint density at radius 2 is 2.06 bits per heavy atom. The highest BCUT2D eigenvalue weighted by atomic mass is 35.5. The van der Waals surface area contributed by atoms with Crippen LogP contribution in [0.25, 0.3) is 22.0 Å². The van der Waals surface area contributed by atoms with E-state index in [9.17, 15) is 14.3 Å². The standard InChI is InChI=1S/C22H19ClF2N4O2/c1-3-17(31)28-7-8-29(12(2)10-28)22-13-9-14(23)18(20(25)21(13)26-11-27-22)19-15(24)5-4-6-16(19)30/h3-6,9,11-12,30H,1,7-8,10H2,2H3/t12-/m0/s1. The summed E-state index contributed by atoms with van der Waals surface area (Å²) in [6.45, 7) is 6.83. The Morgan fingerprint density at radius 3 is 2.74 bits per heavy atom. The van der Waals surface area contributed by atoms with E-state index in [4.69, 9.17) is 11.6 Å². The molecule has 1 aromatic heterocycles. The van der Waals surface area contributed by atoms with Crippen LogP contribution >= 0.6 is 11.6 Å². The predicted molar refractivity (Wildman–Crippen MR) is 115 cm³/mol. The van der Waals surface area contributed by atoms with Crippen molar-refractivity contribution >= 4 is 34.2 Å². The van der Waals surface area contributed by atoms with Crippen LogP contribution < -0.4 is 4.90 Å². The van der Waals surface area contributed by atoms with Crippen molar-refractivity contribution in [2.75, 3.05) is 24.5 Å². The number of anilines is 1. The Hall–Kier alpha value is -3.26. The maximum Gasteiger partial charge on any atom is 0.246 e. The van der Waals surface area contributed by atoms with Gasteiger partial charge in [0.25, 0.3) is 0 Å². The Labute approximate surface area is 182 Å². The van der Waals surface area contributed by atoms with Gasteiger partial charge >= 0.3 is 0 Å². The van der Waals surface area contributed by atoms with E-state index < -0.39 is 17.4 Å². The SMILES string of the molecule is C=CC(=O)N1CCN(c2ncnc3c(F)c(-c4c(O)cccc4F)c(Cl)cc23)[C@@H](C)C1. The zero-order valence-electron chi connectivity index (χ0n) is 16.6. The highest BCUT2D eigenvalue weighted by molar-refractivity contribution is 6.34. The Balaban J connectivity index is 1.82. The van der Waals surface area contributed by atoms with Crippen LogP contribution in [0, 0.1) is 11.6 Å². The number of piperazine rings is 1. The number of carbonyl (C=O) groups excluding carboxylic acids is 1. The summed E-state index contributed by atoms with van der Waals surface area (Å²) in [6.07, 6.45) is 2.50. The van der Waals surface area contributed by atoms with E-state index in [1.807, 2.05) is 11.8 Å². The number of nitrogens with zero attached hydrogens (tertiary/aromatic N) is 4. The molecule has 160 valence electrons. The average molecular weight is 445 g/mol. The lowest BCUT2D eigenvalue weighted by molar-refractivity contribution is -0.126. The Kier molecular flexibility index (Phi) is 5.49. The molecule has 9 heteroatoms. The van der Waals surface area contributed by atoms with Crippen molar-refractivity contribution in [3.8, 4) is 16.9 Å². The molecule has 1 aliphatic rings. The van der Waals surface area contributed by atoms with E-state index in [1.54, 1.807) is 4.90 Å². The molecular formula is C22H19ClF2N4O2. The van der Waals surface area contributed by atoms with Gasteiger partial charge in [-0.05, 0) is 31.2 Å². The average Bonchev–Trinajstić information content (AvgIpc) is 2.75. The quantitative estimate of drug-likeness (QED) is 0.614. The van der Waals surface area contributed by atoms with Crippen LogP contribution in [0.15, 0.2) is 43.2 Å². The maximum atomic E-state index is 15.5. The largest absolute Gasteiger partial charge is 0.507 e. The summed E-state index contributed by atoms with van der Waals surface area (Å²) >= 11 is 6.36. The molecule has 0 spiro atoms. The number of amides is 1. The third-order valence-corrected chi connectivity index (χ3v) is 5.73. The van der Waals surface area contributed by atoms with Crippen LogP contribution in [0.4, 0.5) is 14.6 Å². The number of aromatic hydroxyl groups is 1. The van der Waals surface area contributed by atoms with E-state index in [0.29, 0.717) is 30.8 Å². The first-order valence-corrected chi connectivity index (χ1v) is 9.99. The second kappa shape index (κ2) is 8.11. The van der Waals surface area contributed by atoms with Gasteiger partial charge in [-0.1, -0.05) is 24.2 Å². The zero-order chi connectivity index (χ0) is 22.3. The van der Waals surface area contributed by atoms with Crippen LogP contribution in [0.3, 0.4) is 0 Å². The summed E-state index contributed by atoms with van der Waals surface area (Å²) in [5, 5.41) is 10.4. The molecule has 0 aliphatic carbocycles. The number of benzene rings is 2. The first-order valence-electron chi connectivity index (χ1n) is 9.62. The van der Waals surface area contributed by atoms with E-state index >= 15 is 4.39 Å². The van der Waals surface area contributed by atoms with Gasteiger partial charge in [-0.3, -0.25) is 4.79 Å². The minimum atomic E-state index is -0.848. The molecule has 1 N–H and O–H groups in total. The lowest BCUT2D eigenvalue weighted by Crippen LogP contribution is -2.53. The summed E-state index contributed by atoms with van der Waals surface area (Å²) in [4.78, 5) is 24.0. The van der Waals surface area contributed by atoms with Crippen molar-refractivity contribution in [1.29, 1.82) is 0 Å². The summed E-state index contributed by atoms with van der Waals surface area (Å²) in [5.74, 6) is -1.76. The summed E-state index contributed by atoms with van der Waals surface area (Å²) in [6, 6.07) is 5.07. The van der Waals surface area contributed by atoms with Gasteiger partial charge in [0.1, 0.15) is 29.2 Å². The predicted octanol–water partition coefficient (Wildman–Crippen LogP) is 4.16. The van der Waals surface area contributed by atoms with Crippen molar-refractivity contribution < 1.29 is 18.7 Å². The minimum absolute atomic E-state index is 0.0381. The molecule has 0 saturated carbocycles. The summed E-state index contributed by atoms with van der Waals surface area (Å²) in [5.41, 5.74) is -0.621.